The zero-order valence-electron chi connectivity index (χ0n) is 15.9. The van der Waals surface area contributed by atoms with Gasteiger partial charge in [-0.1, -0.05) is 24.3 Å². The Morgan fingerprint density at radius 2 is 1.86 bits per heavy atom. The number of aromatic nitrogens is 1. The van der Waals surface area contributed by atoms with Crippen LogP contribution in [0.2, 0.25) is 0 Å². The number of carbonyl (C=O) groups excluding carboxylic acids is 2. The highest BCUT2D eigenvalue weighted by Crippen LogP contribution is 2.20. The summed E-state index contributed by atoms with van der Waals surface area (Å²) in [5.74, 6) is -0.0451. The van der Waals surface area contributed by atoms with E-state index >= 15 is 0 Å². The summed E-state index contributed by atoms with van der Waals surface area (Å²) in [6, 6.07) is 17.2. The molecule has 0 atom stereocenters. The number of ether oxygens (including phenoxy) is 2. The van der Waals surface area contributed by atoms with Crippen molar-refractivity contribution in [2.75, 3.05) is 12.4 Å². The summed E-state index contributed by atoms with van der Waals surface area (Å²) in [4.78, 5) is 27.7. The molecule has 0 spiro atoms. The largest absolute Gasteiger partial charge is 0.487 e. The predicted molar refractivity (Wildman–Crippen MR) is 107 cm³/mol. The summed E-state index contributed by atoms with van der Waals surface area (Å²) >= 11 is 0. The minimum Gasteiger partial charge on any atom is -0.487 e. The fourth-order valence-electron chi connectivity index (χ4n) is 2.71. The number of carbonyl (C=O) groups is 2. The van der Waals surface area contributed by atoms with Crippen LogP contribution in [0, 0.1) is 6.92 Å². The van der Waals surface area contributed by atoms with E-state index in [4.69, 9.17) is 4.74 Å². The standard InChI is InChI=1S/C22H22N2O4/c1-15-6-7-16-8-9-18(23-20(16)12-15)14-28-19-5-3-4-17(13-19)24-21(25)10-11-22(26)27-2/h3-9,12-13H,10-11,14H2,1-2H3,(H,24,25). The summed E-state index contributed by atoms with van der Waals surface area (Å²) in [7, 11) is 1.30. The molecule has 144 valence electrons. The first-order valence-corrected chi connectivity index (χ1v) is 8.99. The van der Waals surface area contributed by atoms with Crippen molar-refractivity contribution >= 4 is 28.5 Å². The molecule has 0 saturated heterocycles. The number of esters is 1. The highest BCUT2D eigenvalue weighted by Gasteiger charge is 2.08. The normalized spacial score (nSPS) is 10.5. The van der Waals surface area contributed by atoms with Crippen LogP contribution in [0.3, 0.4) is 0 Å². The third-order valence-electron chi connectivity index (χ3n) is 4.19. The molecule has 2 aromatic carbocycles. The van der Waals surface area contributed by atoms with Crippen LogP contribution < -0.4 is 10.1 Å². The second-order valence-corrected chi connectivity index (χ2v) is 6.44. The van der Waals surface area contributed by atoms with Crippen molar-refractivity contribution in [1.82, 2.24) is 4.98 Å². The average molecular weight is 378 g/mol. The van der Waals surface area contributed by atoms with Crippen LogP contribution in [0.25, 0.3) is 10.9 Å². The molecule has 1 amide bonds. The molecule has 1 aromatic heterocycles. The molecule has 1 N–H and O–H groups in total. The van der Waals surface area contributed by atoms with Crippen molar-refractivity contribution in [1.29, 1.82) is 0 Å². The molecule has 6 nitrogen and oxygen atoms in total. The highest BCUT2D eigenvalue weighted by molar-refractivity contribution is 5.92. The lowest BCUT2D eigenvalue weighted by Crippen LogP contribution is -2.13. The SMILES string of the molecule is COC(=O)CCC(=O)Nc1cccc(OCc2ccc3ccc(C)cc3n2)c1. The lowest BCUT2D eigenvalue weighted by molar-refractivity contribution is -0.141. The molecule has 6 heteroatoms. The minimum absolute atomic E-state index is 0.0473. The van der Waals surface area contributed by atoms with Gasteiger partial charge in [-0.25, -0.2) is 4.98 Å². The zero-order valence-corrected chi connectivity index (χ0v) is 15.9. The third-order valence-corrected chi connectivity index (χ3v) is 4.19. The van der Waals surface area contributed by atoms with E-state index in [1.165, 1.54) is 7.11 Å². The first-order valence-electron chi connectivity index (χ1n) is 8.99. The van der Waals surface area contributed by atoms with Crippen LogP contribution in [-0.2, 0) is 20.9 Å². The molecule has 3 aromatic rings. The Kier molecular flexibility index (Phi) is 6.22. The van der Waals surface area contributed by atoms with Gasteiger partial charge in [0.05, 0.1) is 24.7 Å². The van der Waals surface area contributed by atoms with Crippen LogP contribution >= 0.6 is 0 Å². The van der Waals surface area contributed by atoms with E-state index in [9.17, 15) is 9.59 Å². The first-order chi connectivity index (χ1) is 13.5. The Balaban J connectivity index is 1.60. The number of fused-ring (bicyclic) bond motifs is 1. The summed E-state index contributed by atoms with van der Waals surface area (Å²) in [6.07, 6.45) is 0.115. The predicted octanol–water partition coefficient (Wildman–Crippen LogP) is 4.01. The molecule has 3 rings (SSSR count). The quantitative estimate of drug-likeness (QED) is 0.629. The second-order valence-electron chi connectivity index (χ2n) is 6.44. The molecule has 0 unspecified atom stereocenters. The van der Waals surface area contributed by atoms with Crippen molar-refractivity contribution in [2.45, 2.75) is 26.4 Å². The van der Waals surface area contributed by atoms with Gasteiger partial charge in [-0.05, 0) is 36.8 Å². The topological polar surface area (TPSA) is 77.5 Å². The molecular formula is C22H22N2O4. The third kappa shape index (κ3) is 5.30. The van der Waals surface area contributed by atoms with Gasteiger partial charge >= 0.3 is 5.97 Å². The molecular weight excluding hydrogens is 356 g/mol. The molecule has 0 aliphatic rings. The summed E-state index contributed by atoms with van der Waals surface area (Å²) in [5.41, 5.74) is 3.53. The maximum absolute atomic E-state index is 11.9. The van der Waals surface area contributed by atoms with Crippen LogP contribution in [0.15, 0.2) is 54.6 Å². The van der Waals surface area contributed by atoms with Gasteiger partial charge in [0.2, 0.25) is 5.91 Å². The van der Waals surface area contributed by atoms with Gasteiger partial charge in [0.25, 0.3) is 0 Å². The number of hydrogen-bond donors (Lipinski definition) is 1. The van der Waals surface area contributed by atoms with Gasteiger partial charge < -0.3 is 14.8 Å². The summed E-state index contributed by atoms with van der Waals surface area (Å²) in [5, 5.41) is 3.84. The maximum Gasteiger partial charge on any atom is 0.306 e. The highest BCUT2D eigenvalue weighted by atomic mass is 16.5. The Labute approximate surface area is 163 Å². The van der Waals surface area contributed by atoms with Crippen molar-refractivity contribution in [3.05, 3.63) is 65.9 Å². The van der Waals surface area contributed by atoms with Crippen molar-refractivity contribution in [3.63, 3.8) is 0 Å². The lowest BCUT2D eigenvalue weighted by Gasteiger charge is -2.09. The number of rotatable bonds is 7. The summed E-state index contributed by atoms with van der Waals surface area (Å²) in [6.45, 7) is 2.36. The monoisotopic (exact) mass is 378 g/mol. The minimum atomic E-state index is -0.412. The van der Waals surface area contributed by atoms with Crippen molar-refractivity contribution < 1.29 is 19.1 Å². The average Bonchev–Trinajstić information content (AvgIpc) is 2.70. The number of nitrogens with one attached hydrogen (secondary N) is 1. The van der Waals surface area contributed by atoms with Gasteiger partial charge in [-0.3, -0.25) is 9.59 Å². The number of benzene rings is 2. The van der Waals surface area contributed by atoms with Crippen LogP contribution in [0.5, 0.6) is 5.75 Å². The van der Waals surface area contributed by atoms with E-state index in [2.05, 4.69) is 27.2 Å². The molecule has 0 fully saturated rings. The summed E-state index contributed by atoms with van der Waals surface area (Å²) < 4.78 is 10.4. The fourth-order valence-corrected chi connectivity index (χ4v) is 2.71. The molecule has 28 heavy (non-hydrogen) atoms. The first kappa shape index (κ1) is 19.4. The van der Waals surface area contributed by atoms with Gasteiger partial charge in [-0.15, -0.1) is 0 Å². The molecule has 1 heterocycles. The molecule has 0 radical (unpaired) electrons. The molecule has 0 aliphatic heterocycles. The number of pyridine rings is 1. The van der Waals surface area contributed by atoms with Crippen molar-refractivity contribution in [3.8, 4) is 5.75 Å². The number of amides is 1. The van der Waals surface area contributed by atoms with Crippen LogP contribution in [0.4, 0.5) is 5.69 Å². The van der Waals surface area contributed by atoms with Crippen LogP contribution in [0.1, 0.15) is 24.1 Å². The van der Waals surface area contributed by atoms with E-state index in [-0.39, 0.29) is 18.7 Å². The molecule has 0 saturated carbocycles. The number of nitrogens with zero attached hydrogens (tertiary/aromatic N) is 1. The van der Waals surface area contributed by atoms with Gasteiger partial charge in [-0.2, -0.15) is 0 Å². The number of anilines is 1. The maximum atomic E-state index is 11.9. The van der Waals surface area contributed by atoms with Gasteiger partial charge in [0.1, 0.15) is 12.4 Å². The van der Waals surface area contributed by atoms with E-state index < -0.39 is 5.97 Å². The molecule has 0 aliphatic carbocycles. The Morgan fingerprint density at radius 1 is 1.04 bits per heavy atom. The van der Waals surface area contributed by atoms with E-state index in [1.807, 2.05) is 31.2 Å². The van der Waals surface area contributed by atoms with E-state index in [1.54, 1.807) is 18.2 Å². The van der Waals surface area contributed by atoms with Crippen LogP contribution in [-0.4, -0.2) is 24.0 Å². The second kappa shape index (κ2) is 8.99. The van der Waals surface area contributed by atoms with E-state index in [0.717, 1.165) is 22.2 Å². The van der Waals surface area contributed by atoms with Gasteiger partial charge in [0.15, 0.2) is 0 Å². The number of methoxy groups -OCH3 is 1. The van der Waals surface area contributed by atoms with Crippen molar-refractivity contribution in [2.24, 2.45) is 0 Å². The smallest absolute Gasteiger partial charge is 0.306 e. The lowest BCUT2D eigenvalue weighted by atomic mass is 10.1. The Bertz CT molecular complexity index is 1000. The molecule has 0 bridgehead atoms. The number of hydrogen-bond acceptors (Lipinski definition) is 5. The number of aryl methyl sites for hydroxylation is 1. The van der Waals surface area contributed by atoms with E-state index in [0.29, 0.717) is 18.0 Å². The fraction of sp³-hybridized carbons (Fsp3) is 0.227. The van der Waals surface area contributed by atoms with Gasteiger partial charge in [0, 0.05) is 23.6 Å². The Morgan fingerprint density at radius 3 is 2.68 bits per heavy atom. The zero-order chi connectivity index (χ0) is 19.9. The Hall–Kier alpha value is -3.41.